The number of fused-ring (bicyclic) bond motifs is 2. The van der Waals surface area contributed by atoms with Gasteiger partial charge in [-0.1, -0.05) is 24.3 Å². The van der Waals surface area contributed by atoms with Gasteiger partial charge in [0.25, 0.3) is 0 Å². The van der Waals surface area contributed by atoms with E-state index in [-0.39, 0.29) is 11.2 Å². The Morgan fingerprint density at radius 3 is 1.56 bits per heavy atom. The van der Waals surface area contributed by atoms with Crippen LogP contribution in [-0.2, 0) is 36.5 Å². The van der Waals surface area contributed by atoms with Gasteiger partial charge in [0.2, 0.25) is 0 Å². The van der Waals surface area contributed by atoms with Crippen molar-refractivity contribution in [1.29, 1.82) is 0 Å². The van der Waals surface area contributed by atoms with Crippen LogP contribution >= 0.6 is 37.8 Å². The minimum absolute atomic E-state index is 0.329. The van der Waals surface area contributed by atoms with Crippen LogP contribution in [0, 0.1) is 15.4 Å². The van der Waals surface area contributed by atoms with Gasteiger partial charge in [-0.2, -0.15) is 0 Å². The standard InChI is InChI=1S/C27H38N5O4P.C19H32BO6P.C14H18IN5/c1-3-35-37(33,36-4-2)13-7-12-34-23-9-5-8-21(16-23)24-18-32(27-25(24)26(28)29-19-30-27)22-14-20(15-22)17-31-10-6-11-31;1-7-23-27(21,24-8-2)14-10-13-22-17-12-9-11-16(15-17)20-25-18(3,4)19(5,6)26-20;15-11-7-20(14-12(11)13(16)17-8-18-14)10-4-9(5-10)6-19-2-1-3-19/h5,8-9,16,18-20,22H,3-4,6-7,10-15,17H2,1-2H3,(H2,28,29,30);9,11-12,15H,7-8,10,13-14H2,1-6H3;7-10H,1-6H2,(H2,16,17,18). The fraction of sp³-hybridized carbons (Fsp3) is 0.600. The van der Waals surface area contributed by atoms with Gasteiger partial charge in [-0.25, -0.2) is 19.9 Å². The third kappa shape index (κ3) is 15.7. The van der Waals surface area contributed by atoms with Crippen LogP contribution in [0.2, 0.25) is 0 Å². The normalized spacial score (nSPS) is 21.1. The molecule has 2 saturated carbocycles. The molecular formula is C60H88BIN10O10P2. The molecule has 3 aliphatic heterocycles. The Labute approximate surface area is 510 Å². The van der Waals surface area contributed by atoms with Crippen molar-refractivity contribution in [2.45, 2.75) is 130 Å². The molecule has 20 nitrogen and oxygen atoms in total. The largest absolute Gasteiger partial charge is 0.494 e. The first kappa shape index (κ1) is 64.3. The van der Waals surface area contributed by atoms with E-state index >= 15 is 0 Å². The molecule has 3 saturated heterocycles. The average molecular weight is 1310 g/mol. The number of nitrogens with two attached hydrogens (primary N) is 2. The van der Waals surface area contributed by atoms with Crippen molar-refractivity contribution in [3.8, 4) is 22.6 Å². The Bertz CT molecular complexity index is 3190. The molecule has 7 heterocycles. The number of nitrogen functional groups attached to an aromatic ring is 2. The molecular weight excluding hydrogens is 1220 g/mol. The van der Waals surface area contributed by atoms with Crippen LogP contribution < -0.4 is 26.4 Å². The molecule has 458 valence electrons. The van der Waals surface area contributed by atoms with Crippen molar-refractivity contribution in [3.05, 3.63) is 77.1 Å². The summed E-state index contributed by atoms with van der Waals surface area (Å²) in [5, 5.41) is 1.90. The summed E-state index contributed by atoms with van der Waals surface area (Å²) in [5.41, 5.74) is 16.4. The van der Waals surface area contributed by atoms with Crippen LogP contribution in [0.25, 0.3) is 33.2 Å². The maximum absolute atomic E-state index is 12.7. The lowest BCUT2D eigenvalue weighted by atomic mass is 9.79. The smallest absolute Gasteiger partial charge is 0.494 e. The maximum Gasteiger partial charge on any atom is 0.494 e. The van der Waals surface area contributed by atoms with Crippen LogP contribution in [0.4, 0.5) is 11.6 Å². The predicted molar refractivity (Wildman–Crippen MR) is 342 cm³/mol. The highest BCUT2D eigenvalue weighted by molar-refractivity contribution is 14.1. The van der Waals surface area contributed by atoms with E-state index in [1.165, 1.54) is 77.8 Å². The Morgan fingerprint density at radius 2 is 1.08 bits per heavy atom. The van der Waals surface area contributed by atoms with E-state index in [1.807, 2.05) is 97.9 Å². The van der Waals surface area contributed by atoms with E-state index in [2.05, 4.69) is 79.9 Å². The van der Waals surface area contributed by atoms with Crippen molar-refractivity contribution >= 4 is 84.1 Å². The second-order valence-electron chi connectivity index (χ2n) is 23.5. The molecule has 84 heavy (non-hydrogen) atoms. The third-order valence-electron chi connectivity index (χ3n) is 16.9. The number of benzene rings is 2. The minimum atomic E-state index is -3.06. The molecule has 4 aromatic heterocycles. The summed E-state index contributed by atoms with van der Waals surface area (Å²) < 4.78 is 76.2. The Morgan fingerprint density at radius 1 is 0.631 bits per heavy atom. The molecule has 5 fully saturated rings. The number of halogens is 1. The SMILES string of the molecule is CCOP(=O)(CCCOc1cccc(-c2cn(C3CC(CN4CCC4)C3)c3ncnc(N)c23)c1)OCC.CCOP(=O)(CCCOc1cccc(B2OC(C)(C)C(C)(C)O2)c1)OCC.Nc1ncnc2c1c(I)cn2C1CC(CN2CCC2)C1. The van der Waals surface area contributed by atoms with E-state index in [1.54, 1.807) is 12.7 Å². The summed E-state index contributed by atoms with van der Waals surface area (Å²) in [4.78, 5) is 22.6. The molecule has 5 aliphatic rings. The highest BCUT2D eigenvalue weighted by atomic mass is 127. The number of nitrogens with zero attached hydrogens (tertiary/aromatic N) is 8. The second kappa shape index (κ2) is 28.8. The fourth-order valence-corrected chi connectivity index (χ4v) is 15.5. The highest BCUT2D eigenvalue weighted by Gasteiger charge is 2.52. The monoisotopic (exact) mass is 1310 g/mol. The van der Waals surface area contributed by atoms with Gasteiger partial charge in [-0.15, -0.1) is 0 Å². The molecule has 0 amide bonds. The lowest BCUT2D eigenvalue weighted by Gasteiger charge is -2.42. The molecule has 0 unspecified atom stereocenters. The van der Waals surface area contributed by atoms with E-state index in [0.29, 0.717) is 88.5 Å². The minimum Gasteiger partial charge on any atom is -0.494 e. The van der Waals surface area contributed by atoms with Crippen LogP contribution in [0.1, 0.15) is 119 Å². The lowest BCUT2D eigenvalue weighted by Crippen LogP contribution is -2.43. The van der Waals surface area contributed by atoms with Gasteiger partial charge in [0.15, 0.2) is 0 Å². The second-order valence-corrected chi connectivity index (χ2v) is 29.0. The lowest BCUT2D eigenvalue weighted by molar-refractivity contribution is 0.00578. The third-order valence-corrected chi connectivity index (χ3v) is 22.0. The molecule has 0 spiro atoms. The molecule has 0 bridgehead atoms. The topological polar surface area (TPSA) is 228 Å². The van der Waals surface area contributed by atoms with Gasteiger partial charge < -0.3 is 67.3 Å². The van der Waals surface area contributed by atoms with Gasteiger partial charge in [0.05, 0.1) is 73.9 Å². The summed E-state index contributed by atoms with van der Waals surface area (Å²) in [7, 11) is -6.50. The number of hydrogen-bond acceptors (Lipinski definition) is 18. The number of anilines is 2. The van der Waals surface area contributed by atoms with E-state index in [4.69, 9.17) is 48.3 Å². The first-order chi connectivity index (χ1) is 40.3. The van der Waals surface area contributed by atoms with Crippen LogP contribution in [-0.4, -0.2) is 148 Å². The van der Waals surface area contributed by atoms with Gasteiger partial charge in [-0.05, 0) is 203 Å². The molecule has 24 heteroatoms. The van der Waals surface area contributed by atoms with Crippen molar-refractivity contribution in [1.82, 2.24) is 38.9 Å². The first-order valence-electron chi connectivity index (χ1n) is 30.2. The fourth-order valence-electron chi connectivity index (χ4n) is 11.5. The number of ether oxygens (including phenoxy) is 2. The summed E-state index contributed by atoms with van der Waals surface area (Å²) in [5.74, 6) is 4.16. The molecule has 11 rings (SSSR count). The summed E-state index contributed by atoms with van der Waals surface area (Å²) >= 11 is 2.33. The van der Waals surface area contributed by atoms with Crippen LogP contribution in [0.15, 0.2) is 73.6 Å². The average Bonchev–Trinajstić information content (AvgIpc) is 2.75. The Balaban J connectivity index is 0.000000159. The quantitative estimate of drug-likeness (QED) is 0.0223. The summed E-state index contributed by atoms with van der Waals surface area (Å²) in [6.07, 6.45) is 16.9. The van der Waals surface area contributed by atoms with Crippen molar-refractivity contribution < 1.29 is 46.0 Å². The summed E-state index contributed by atoms with van der Waals surface area (Å²) in [6, 6.07) is 16.7. The molecule has 6 aromatic rings. The zero-order valence-electron chi connectivity index (χ0n) is 50.5. The molecule has 2 aromatic carbocycles. The van der Waals surface area contributed by atoms with Crippen molar-refractivity contribution in [3.63, 3.8) is 0 Å². The van der Waals surface area contributed by atoms with Crippen LogP contribution in [0.3, 0.4) is 0 Å². The van der Waals surface area contributed by atoms with Gasteiger partial charge >= 0.3 is 22.3 Å². The van der Waals surface area contributed by atoms with Gasteiger partial charge in [0.1, 0.15) is 47.1 Å². The highest BCUT2D eigenvalue weighted by Crippen LogP contribution is 2.50. The predicted octanol–water partition coefficient (Wildman–Crippen LogP) is 11.7. The van der Waals surface area contributed by atoms with E-state index in [9.17, 15) is 9.13 Å². The van der Waals surface area contributed by atoms with Crippen molar-refractivity contribution in [2.75, 3.05) is 103 Å². The zero-order chi connectivity index (χ0) is 59.7. The van der Waals surface area contributed by atoms with Gasteiger partial charge in [-0.3, -0.25) is 9.13 Å². The molecule has 2 aliphatic carbocycles. The molecule has 4 N–H and O–H groups in total. The molecule has 0 radical (unpaired) electrons. The van der Waals surface area contributed by atoms with E-state index in [0.717, 1.165) is 65.6 Å². The number of aromatic nitrogens is 6. The van der Waals surface area contributed by atoms with E-state index < -0.39 is 22.3 Å². The number of rotatable bonds is 26. The first-order valence-corrected chi connectivity index (χ1v) is 34.8. The number of likely N-dealkylation sites (tertiary alicyclic amines) is 2. The Kier molecular flexibility index (Phi) is 22.0. The number of hydrogen-bond donors (Lipinski definition) is 2. The zero-order valence-corrected chi connectivity index (χ0v) is 54.4. The van der Waals surface area contributed by atoms with Crippen molar-refractivity contribution in [2.24, 2.45) is 11.8 Å². The Hall–Kier alpha value is -4.19. The maximum atomic E-state index is 12.7. The molecule has 0 atom stereocenters. The summed E-state index contributed by atoms with van der Waals surface area (Å²) in [6.45, 7) is 25.3. The van der Waals surface area contributed by atoms with Crippen LogP contribution in [0.5, 0.6) is 11.5 Å². The van der Waals surface area contributed by atoms with Gasteiger partial charge in [0, 0.05) is 46.7 Å².